The number of carboxylic acid groups (broad SMARTS) is 1. The fourth-order valence-electron chi connectivity index (χ4n) is 1.62. The summed E-state index contributed by atoms with van der Waals surface area (Å²) in [6.45, 7) is 4.56. The van der Waals surface area contributed by atoms with E-state index in [2.05, 4.69) is 15.3 Å². The van der Waals surface area contributed by atoms with Gasteiger partial charge in [0.25, 0.3) is 0 Å². The quantitative estimate of drug-likeness (QED) is 0.628. The third-order valence-corrected chi connectivity index (χ3v) is 2.52. The molecule has 0 saturated carbocycles. The van der Waals surface area contributed by atoms with Crippen molar-refractivity contribution in [2.45, 2.75) is 39.2 Å². The fraction of sp³-hybridized carbons (Fsp3) is 0.583. The van der Waals surface area contributed by atoms with Crippen LogP contribution in [-0.2, 0) is 4.79 Å². The van der Waals surface area contributed by atoms with E-state index in [0.29, 0.717) is 12.4 Å². The number of hydrogen-bond acceptors (Lipinski definition) is 5. The zero-order valence-electron chi connectivity index (χ0n) is 10.8. The summed E-state index contributed by atoms with van der Waals surface area (Å²) in [4.78, 5) is 19.0. The van der Waals surface area contributed by atoms with Crippen molar-refractivity contribution in [1.82, 2.24) is 9.97 Å². The fourth-order valence-corrected chi connectivity index (χ4v) is 1.62. The lowest BCUT2D eigenvalue weighted by molar-refractivity contribution is -0.138. The molecule has 0 aliphatic heterocycles. The second kappa shape index (κ2) is 6.90. The smallest absolute Gasteiger partial charge is 0.320 e. The Morgan fingerprint density at radius 2 is 2.00 bits per heavy atom. The van der Waals surface area contributed by atoms with Crippen LogP contribution < -0.4 is 11.1 Å². The number of hydrogen-bond donors (Lipinski definition) is 3. The molecule has 0 amide bonds. The van der Waals surface area contributed by atoms with Crippen LogP contribution in [0.5, 0.6) is 0 Å². The van der Waals surface area contributed by atoms with Gasteiger partial charge in [0.2, 0.25) is 5.95 Å². The highest BCUT2D eigenvalue weighted by molar-refractivity contribution is 5.72. The number of carbonyl (C=O) groups is 1. The largest absolute Gasteiger partial charge is 0.480 e. The van der Waals surface area contributed by atoms with E-state index in [4.69, 9.17) is 10.8 Å². The minimum atomic E-state index is -0.944. The second-order valence-corrected chi connectivity index (χ2v) is 4.34. The lowest BCUT2D eigenvalue weighted by atomic mass is 10.1. The molecule has 0 aliphatic rings. The van der Waals surface area contributed by atoms with E-state index < -0.39 is 12.0 Å². The first-order valence-electron chi connectivity index (χ1n) is 6.03. The van der Waals surface area contributed by atoms with Crippen LogP contribution in [0.4, 0.5) is 5.95 Å². The van der Waals surface area contributed by atoms with E-state index in [1.807, 2.05) is 19.9 Å². The SMILES string of the molecule is Cc1cc(C)nc(NCCCC[C@H](N)C(=O)O)n1. The first kappa shape index (κ1) is 14.4. The first-order chi connectivity index (χ1) is 8.49. The summed E-state index contributed by atoms with van der Waals surface area (Å²) in [5, 5.41) is 11.7. The van der Waals surface area contributed by atoms with Gasteiger partial charge in [0.1, 0.15) is 6.04 Å². The molecule has 6 nitrogen and oxygen atoms in total. The van der Waals surface area contributed by atoms with Gasteiger partial charge in [-0.2, -0.15) is 0 Å². The summed E-state index contributed by atoms with van der Waals surface area (Å²) < 4.78 is 0. The zero-order valence-corrected chi connectivity index (χ0v) is 10.8. The van der Waals surface area contributed by atoms with Gasteiger partial charge < -0.3 is 16.2 Å². The Hall–Kier alpha value is -1.69. The molecule has 0 fully saturated rings. The van der Waals surface area contributed by atoms with Gasteiger partial charge in [-0.05, 0) is 39.2 Å². The Bertz CT molecular complexity index is 389. The molecule has 6 heteroatoms. The number of aliphatic carboxylic acids is 1. The van der Waals surface area contributed by atoms with Gasteiger partial charge in [0.05, 0.1) is 0 Å². The number of nitrogens with zero attached hydrogens (tertiary/aromatic N) is 2. The summed E-state index contributed by atoms with van der Waals surface area (Å²) in [6, 6.07) is 1.15. The van der Waals surface area contributed by atoms with Crippen LogP contribution >= 0.6 is 0 Å². The minimum Gasteiger partial charge on any atom is -0.480 e. The van der Waals surface area contributed by atoms with Crippen molar-refractivity contribution in [1.29, 1.82) is 0 Å². The van der Waals surface area contributed by atoms with Crippen LogP contribution in [0, 0.1) is 13.8 Å². The van der Waals surface area contributed by atoms with E-state index in [1.54, 1.807) is 0 Å². The molecule has 0 radical (unpaired) electrons. The van der Waals surface area contributed by atoms with Crippen LogP contribution in [-0.4, -0.2) is 33.6 Å². The Morgan fingerprint density at radius 3 is 2.56 bits per heavy atom. The van der Waals surface area contributed by atoms with Gasteiger partial charge >= 0.3 is 5.97 Å². The topological polar surface area (TPSA) is 101 Å². The third-order valence-electron chi connectivity index (χ3n) is 2.52. The number of nitrogens with one attached hydrogen (secondary N) is 1. The van der Waals surface area contributed by atoms with Gasteiger partial charge in [-0.15, -0.1) is 0 Å². The van der Waals surface area contributed by atoms with Crippen molar-refractivity contribution in [3.05, 3.63) is 17.5 Å². The highest BCUT2D eigenvalue weighted by atomic mass is 16.4. The second-order valence-electron chi connectivity index (χ2n) is 4.34. The number of anilines is 1. The molecule has 1 aromatic rings. The molecular formula is C12H20N4O2. The summed E-state index contributed by atoms with van der Waals surface area (Å²) in [5.74, 6) is -0.323. The molecule has 1 atom stereocenters. The number of nitrogens with two attached hydrogens (primary N) is 1. The number of carboxylic acids is 1. The average Bonchev–Trinajstić information content (AvgIpc) is 2.26. The molecule has 0 aliphatic carbocycles. The maximum Gasteiger partial charge on any atom is 0.320 e. The lowest BCUT2D eigenvalue weighted by Crippen LogP contribution is -2.29. The van der Waals surface area contributed by atoms with Gasteiger partial charge in [-0.25, -0.2) is 9.97 Å². The Balaban J connectivity index is 2.23. The molecule has 0 spiro atoms. The summed E-state index contributed by atoms with van der Waals surface area (Å²) >= 11 is 0. The molecule has 1 aromatic heterocycles. The maximum atomic E-state index is 10.5. The standard InChI is InChI=1S/C12H20N4O2/c1-8-7-9(2)16-12(15-8)14-6-4-3-5-10(13)11(17)18/h7,10H,3-6,13H2,1-2H3,(H,17,18)(H,14,15,16)/t10-/m0/s1. The predicted molar refractivity (Wildman–Crippen MR) is 69.5 cm³/mol. The lowest BCUT2D eigenvalue weighted by Gasteiger charge is -2.08. The molecule has 0 saturated heterocycles. The average molecular weight is 252 g/mol. The highest BCUT2D eigenvalue weighted by Crippen LogP contribution is 2.05. The third kappa shape index (κ3) is 5.09. The van der Waals surface area contributed by atoms with Crippen molar-refractivity contribution < 1.29 is 9.90 Å². The van der Waals surface area contributed by atoms with E-state index >= 15 is 0 Å². The van der Waals surface area contributed by atoms with Gasteiger partial charge in [-0.1, -0.05) is 0 Å². The number of aromatic nitrogens is 2. The van der Waals surface area contributed by atoms with Crippen molar-refractivity contribution in [3.63, 3.8) is 0 Å². The monoisotopic (exact) mass is 252 g/mol. The molecule has 4 N–H and O–H groups in total. The normalized spacial score (nSPS) is 12.2. The first-order valence-corrected chi connectivity index (χ1v) is 6.03. The van der Waals surface area contributed by atoms with E-state index in [-0.39, 0.29) is 0 Å². The summed E-state index contributed by atoms with van der Waals surface area (Å²) in [7, 11) is 0. The Kier molecular flexibility index (Phi) is 5.51. The number of aryl methyl sites for hydroxylation is 2. The Morgan fingerprint density at radius 1 is 1.39 bits per heavy atom. The maximum absolute atomic E-state index is 10.5. The van der Waals surface area contributed by atoms with E-state index in [9.17, 15) is 4.79 Å². The molecule has 0 bridgehead atoms. The molecular weight excluding hydrogens is 232 g/mol. The van der Waals surface area contributed by atoms with Crippen molar-refractivity contribution in [2.75, 3.05) is 11.9 Å². The van der Waals surface area contributed by atoms with Crippen molar-refractivity contribution in [3.8, 4) is 0 Å². The summed E-state index contributed by atoms with van der Waals surface area (Å²) in [5.41, 5.74) is 7.26. The Labute approximate surface area is 107 Å². The number of rotatable bonds is 7. The van der Waals surface area contributed by atoms with Crippen LogP contribution in [0.1, 0.15) is 30.7 Å². The van der Waals surface area contributed by atoms with Crippen LogP contribution in [0.3, 0.4) is 0 Å². The minimum absolute atomic E-state index is 0.491. The number of unbranched alkanes of at least 4 members (excludes halogenated alkanes) is 1. The van der Waals surface area contributed by atoms with Crippen LogP contribution in [0.2, 0.25) is 0 Å². The molecule has 0 aromatic carbocycles. The molecule has 100 valence electrons. The van der Waals surface area contributed by atoms with Gasteiger partial charge in [-0.3, -0.25) is 4.79 Å². The summed E-state index contributed by atoms with van der Waals surface area (Å²) in [6.07, 6.45) is 2.10. The highest BCUT2D eigenvalue weighted by Gasteiger charge is 2.09. The van der Waals surface area contributed by atoms with Gasteiger partial charge in [0, 0.05) is 17.9 Å². The van der Waals surface area contributed by atoms with Crippen molar-refractivity contribution >= 4 is 11.9 Å². The zero-order chi connectivity index (χ0) is 13.5. The van der Waals surface area contributed by atoms with E-state index in [1.165, 1.54) is 0 Å². The molecule has 1 heterocycles. The molecule has 0 unspecified atom stereocenters. The molecule has 18 heavy (non-hydrogen) atoms. The predicted octanol–water partition coefficient (Wildman–Crippen LogP) is 1.09. The van der Waals surface area contributed by atoms with Crippen molar-refractivity contribution in [2.24, 2.45) is 5.73 Å². The molecule has 1 rings (SSSR count). The van der Waals surface area contributed by atoms with Crippen LogP contribution in [0.15, 0.2) is 6.07 Å². The van der Waals surface area contributed by atoms with E-state index in [0.717, 1.165) is 30.8 Å². The van der Waals surface area contributed by atoms with Crippen LogP contribution in [0.25, 0.3) is 0 Å². The van der Waals surface area contributed by atoms with Gasteiger partial charge in [0.15, 0.2) is 0 Å².